The van der Waals surface area contributed by atoms with Crippen molar-refractivity contribution in [3.63, 3.8) is 0 Å². The molecule has 0 unspecified atom stereocenters. The summed E-state index contributed by atoms with van der Waals surface area (Å²) in [7, 11) is -3.19. The smallest absolute Gasteiger partial charge is 0.363 e. The predicted molar refractivity (Wildman–Crippen MR) is 106 cm³/mol. The van der Waals surface area contributed by atoms with Crippen LogP contribution < -0.4 is 10.7 Å². The van der Waals surface area contributed by atoms with Gasteiger partial charge in [0.1, 0.15) is 31.2 Å². The Bertz CT molecular complexity index is 957. The highest BCUT2D eigenvalue weighted by Crippen LogP contribution is 2.26. The SMILES string of the molecule is CS(=O)(=O)C1CC[N+](Cc2cc(O)cc(F)c2)(NC(=O)Nc2cccnc2)CC1. The van der Waals surface area contributed by atoms with Crippen molar-refractivity contribution in [1.29, 1.82) is 0 Å². The van der Waals surface area contributed by atoms with Crippen LogP contribution in [0.5, 0.6) is 5.75 Å². The Labute approximate surface area is 168 Å². The summed E-state index contributed by atoms with van der Waals surface area (Å²) < 4.78 is 37.6. The Morgan fingerprint density at radius 2 is 2.03 bits per heavy atom. The first kappa shape index (κ1) is 21.0. The van der Waals surface area contributed by atoms with Gasteiger partial charge < -0.3 is 10.4 Å². The minimum Gasteiger partial charge on any atom is -0.508 e. The predicted octanol–water partition coefficient (Wildman–Crippen LogP) is 2.19. The fraction of sp³-hybridized carbons (Fsp3) is 0.368. The van der Waals surface area contributed by atoms with Gasteiger partial charge in [0.15, 0.2) is 9.84 Å². The number of sulfone groups is 1. The van der Waals surface area contributed by atoms with Crippen LogP contribution in [0.25, 0.3) is 0 Å². The van der Waals surface area contributed by atoms with E-state index in [0.717, 1.165) is 6.07 Å². The largest absolute Gasteiger partial charge is 0.508 e. The number of amides is 2. The number of carbonyl (C=O) groups excluding carboxylic acids is 1. The Hall–Kier alpha value is -2.72. The number of hydrogen-bond donors (Lipinski definition) is 3. The van der Waals surface area contributed by atoms with Gasteiger partial charge in [-0.3, -0.25) is 4.98 Å². The van der Waals surface area contributed by atoms with Gasteiger partial charge in [0.25, 0.3) is 0 Å². The standard InChI is InChI=1S/C19H23FN4O4S/c1-29(27,28)18-4-7-24(8-5-18,13-14-9-15(20)11-17(25)10-14)23-19(26)22-16-3-2-6-21-12-16/h2-3,6,9-12,18H,4-5,7-8,13H2,1H3,(H2-,22,23,25,26)/p+1. The van der Waals surface area contributed by atoms with Crippen LogP contribution in [-0.4, -0.2) is 53.7 Å². The molecule has 8 nitrogen and oxygen atoms in total. The number of hydrogen-bond acceptors (Lipinski definition) is 5. The summed E-state index contributed by atoms with van der Waals surface area (Å²) in [6, 6.07) is 6.64. The van der Waals surface area contributed by atoms with Crippen LogP contribution in [0.3, 0.4) is 0 Å². The van der Waals surface area contributed by atoms with Gasteiger partial charge in [-0.1, -0.05) is 0 Å². The van der Waals surface area contributed by atoms with Gasteiger partial charge in [0.05, 0.1) is 17.1 Å². The van der Waals surface area contributed by atoms with Crippen molar-refractivity contribution in [3.05, 3.63) is 54.1 Å². The number of urea groups is 1. The van der Waals surface area contributed by atoms with Gasteiger partial charge in [0, 0.05) is 36.9 Å². The Balaban J connectivity index is 1.80. The summed E-state index contributed by atoms with van der Waals surface area (Å²) in [5, 5.41) is 11.9. The van der Waals surface area contributed by atoms with E-state index in [2.05, 4.69) is 15.7 Å². The average Bonchev–Trinajstić information content (AvgIpc) is 2.61. The summed E-state index contributed by atoms with van der Waals surface area (Å²) in [5.74, 6) is -0.784. The van der Waals surface area contributed by atoms with E-state index in [-0.39, 0.29) is 16.9 Å². The Morgan fingerprint density at radius 3 is 2.62 bits per heavy atom. The molecule has 2 aromatic rings. The number of likely N-dealkylation sites (tertiary alicyclic amines) is 1. The van der Waals surface area contributed by atoms with Crippen molar-refractivity contribution in [2.75, 3.05) is 24.7 Å². The average molecular weight is 423 g/mol. The maximum absolute atomic E-state index is 13.7. The number of anilines is 1. The van der Waals surface area contributed by atoms with E-state index in [1.54, 1.807) is 18.3 Å². The molecule has 3 N–H and O–H groups in total. The fourth-order valence-corrected chi connectivity index (χ4v) is 4.73. The van der Waals surface area contributed by atoms with E-state index >= 15 is 0 Å². The third-order valence-electron chi connectivity index (χ3n) is 5.05. The lowest BCUT2D eigenvalue weighted by Gasteiger charge is -2.42. The van der Waals surface area contributed by atoms with E-state index in [1.807, 2.05) is 0 Å². The number of carbonyl (C=O) groups is 1. The second kappa shape index (κ2) is 8.34. The molecular formula is C19H24FN4O4S+. The summed E-state index contributed by atoms with van der Waals surface area (Å²) in [4.78, 5) is 16.5. The lowest BCUT2D eigenvalue weighted by Crippen LogP contribution is -2.64. The zero-order valence-corrected chi connectivity index (χ0v) is 16.8. The second-order valence-electron chi connectivity index (χ2n) is 7.40. The van der Waals surface area contributed by atoms with Crippen molar-refractivity contribution in [3.8, 4) is 5.75 Å². The molecule has 1 aromatic carbocycles. The van der Waals surface area contributed by atoms with Crippen LogP contribution >= 0.6 is 0 Å². The molecular weight excluding hydrogens is 399 g/mol. The molecule has 0 aliphatic carbocycles. The number of rotatable bonds is 5. The molecule has 3 rings (SSSR count). The first-order valence-electron chi connectivity index (χ1n) is 9.18. The molecule has 1 aliphatic heterocycles. The van der Waals surface area contributed by atoms with Crippen molar-refractivity contribution in [1.82, 2.24) is 10.4 Å². The van der Waals surface area contributed by atoms with Crippen molar-refractivity contribution in [2.24, 2.45) is 0 Å². The molecule has 0 spiro atoms. The topological polar surface area (TPSA) is 108 Å². The quantitative estimate of drug-likeness (QED) is 0.639. The van der Waals surface area contributed by atoms with E-state index in [0.29, 0.717) is 37.2 Å². The Morgan fingerprint density at radius 1 is 1.31 bits per heavy atom. The van der Waals surface area contributed by atoms with Crippen LogP contribution in [0.4, 0.5) is 14.9 Å². The third kappa shape index (κ3) is 5.64. The summed E-state index contributed by atoms with van der Waals surface area (Å²) in [5.41, 5.74) is 3.91. The summed E-state index contributed by atoms with van der Waals surface area (Å²) in [6.07, 6.45) is 5.04. The fourth-order valence-electron chi connectivity index (χ4n) is 3.66. The molecule has 1 aromatic heterocycles. The van der Waals surface area contributed by atoms with Crippen LogP contribution in [0.1, 0.15) is 18.4 Å². The van der Waals surface area contributed by atoms with E-state index in [4.69, 9.17) is 0 Å². The van der Waals surface area contributed by atoms with Crippen molar-refractivity contribution in [2.45, 2.75) is 24.6 Å². The second-order valence-corrected chi connectivity index (χ2v) is 9.73. The number of aromatic nitrogens is 1. The van der Waals surface area contributed by atoms with Gasteiger partial charge in [-0.05, 0) is 24.3 Å². The zero-order valence-electron chi connectivity index (χ0n) is 16.0. The number of phenols is 1. The molecule has 0 saturated carbocycles. The zero-order chi connectivity index (χ0) is 21.1. The monoisotopic (exact) mass is 423 g/mol. The molecule has 1 saturated heterocycles. The number of nitrogens with zero attached hydrogens (tertiary/aromatic N) is 2. The van der Waals surface area contributed by atoms with Gasteiger partial charge in [-0.15, -0.1) is 0 Å². The molecule has 0 bridgehead atoms. The minimum atomic E-state index is -3.19. The van der Waals surface area contributed by atoms with Gasteiger partial charge in [-0.2, -0.15) is 5.43 Å². The third-order valence-corrected chi connectivity index (χ3v) is 6.73. The number of nitrogens with one attached hydrogen (secondary N) is 2. The van der Waals surface area contributed by atoms with Crippen molar-refractivity contribution < 1.29 is 27.3 Å². The van der Waals surface area contributed by atoms with E-state index < -0.39 is 26.9 Å². The molecule has 10 heteroatoms. The number of phenolic OH excluding ortho intramolecular Hbond substituents is 1. The first-order valence-corrected chi connectivity index (χ1v) is 11.1. The van der Waals surface area contributed by atoms with Crippen LogP contribution in [0.2, 0.25) is 0 Å². The minimum absolute atomic E-state index is 0.0427. The van der Waals surface area contributed by atoms with Crippen molar-refractivity contribution >= 4 is 21.6 Å². The maximum Gasteiger partial charge on any atom is 0.363 e. The highest BCUT2D eigenvalue weighted by Gasteiger charge is 2.39. The number of benzene rings is 1. The lowest BCUT2D eigenvalue weighted by molar-refractivity contribution is -0.976. The number of pyridine rings is 1. The lowest BCUT2D eigenvalue weighted by atomic mass is 10.1. The van der Waals surface area contributed by atoms with E-state index in [9.17, 15) is 22.7 Å². The highest BCUT2D eigenvalue weighted by atomic mass is 32.2. The molecule has 0 radical (unpaired) electrons. The van der Waals surface area contributed by atoms with Crippen LogP contribution in [0, 0.1) is 5.82 Å². The van der Waals surface area contributed by atoms with Crippen LogP contribution in [-0.2, 0) is 16.4 Å². The molecule has 29 heavy (non-hydrogen) atoms. The van der Waals surface area contributed by atoms with Gasteiger partial charge in [-0.25, -0.2) is 22.2 Å². The number of quaternary nitrogens is 1. The molecule has 2 amide bonds. The molecule has 2 heterocycles. The molecule has 156 valence electrons. The first-order chi connectivity index (χ1) is 13.7. The molecule has 1 aliphatic rings. The number of aromatic hydroxyl groups is 1. The summed E-state index contributed by atoms with van der Waals surface area (Å²) in [6.45, 7) is 0.924. The Kier molecular flexibility index (Phi) is 6.04. The number of halogens is 1. The maximum atomic E-state index is 13.7. The van der Waals surface area contributed by atoms with Crippen LogP contribution in [0.15, 0.2) is 42.7 Å². The molecule has 0 atom stereocenters. The van der Waals surface area contributed by atoms with Gasteiger partial charge in [0.2, 0.25) is 0 Å². The number of piperidine rings is 1. The highest BCUT2D eigenvalue weighted by molar-refractivity contribution is 7.91. The summed E-state index contributed by atoms with van der Waals surface area (Å²) >= 11 is 0. The van der Waals surface area contributed by atoms with E-state index in [1.165, 1.54) is 24.6 Å². The molecule has 1 fully saturated rings. The normalized spacial score (nSPS) is 22.1. The van der Waals surface area contributed by atoms with Gasteiger partial charge >= 0.3 is 6.03 Å².